The largest absolute Gasteiger partial charge is 0.489 e. The summed E-state index contributed by atoms with van der Waals surface area (Å²) in [4.78, 5) is 14.3. The fourth-order valence-electron chi connectivity index (χ4n) is 1.96. The van der Waals surface area contributed by atoms with Gasteiger partial charge in [0.25, 0.3) is 0 Å². The van der Waals surface area contributed by atoms with Gasteiger partial charge >= 0.3 is 5.82 Å². The summed E-state index contributed by atoms with van der Waals surface area (Å²) in [5.74, 6) is 1.29. The first kappa shape index (κ1) is 13.9. The van der Waals surface area contributed by atoms with Crippen molar-refractivity contribution < 1.29 is 9.66 Å². The molecule has 0 unspecified atom stereocenters. The number of aromatic nitrogens is 2. The number of rotatable bonds is 5. The summed E-state index contributed by atoms with van der Waals surface area (Å²) < 4.78 is 7.15. The number of imidazole rings is 1. The van der Waals surface area contributed by atoms with Gasteiger partial charge in [0.05, 0.1) is 0 Å². The Labute approximate surface area is 116 Å². The lowest BCUT2D eigenvalue weighted by Gasteiger charge is -2.09. The minimum Gasteiger partial charge on any atom is -0.489 e. The maximum atomic E-state index is 10.8. The van der Waals surface area contributed by atoms with Gasteiger partial charge in [0, 0.05) is 12.6 Å². The molecule has 1 aromatic heterocycles. The molecular formula is C13H16N4O3. The Bertz CT molecular complexity index is 637. The molecule has 2 rings (SSSR count). The quantitative estimate of drug-likeness (QED) is 0.512. The third-order valence-electron chi connectivity index (χ3n) is 2.99. The maximum Gasteiger partial charge on any atom is 0.342 e. The molecule has 0 aliphatic carbocycles. The minimum atomic E-state index is -0.450. The summed E-state index contributed by atoms with van der Waals surface area (Å²) in [5.41, 5.74) is 7.27. The minimum absolute atomic E-state index is 0.0277. The van der Waals surface area contributed by atoms with E-state index in [0.717, 1.165) is 11.3 Å². The van der Waals surface area contributed by atoms with Crippen LogP contribution in [0.15, 0.2) is 24.4 Å². The summed E-state index contributed by atoms with van der Waals surface area (Å²) in [6.45, 7) is 4.31. The van der Waals surface area contributed by atoms with E-state index in [1.165, 1.54) is 10.8 Å². The highest BCUT2D eigenvalue weighted by Crippen LogP contribution is 2.20. The van der Waals surface area contributed by atoms with E-state index in [2.05, 4.69) is 4.98 Å². The second kappa shape index (κ2) is 5.60. The number of anilines is 1. The Morgan fingerprint density at radius 1 is 1.45 bits per heavy atom. The molecule has 2 N–H and O–H groups in total. The van der Waals surface area contributed by atoms with Crippen molar-refractivity contribution >= 4 is 11.5 Å². The van der Waals surface area contributed by atoms with E-state index in [-0.39, 0.29) is 5.82 Å². The Hall–Kier alpha value is -2.57. The van der Waals surface area contributed by atoms with Crippen LogP contribution >= 0.6 is 0 Å². The van der Waals surface area contributed by atoms with Crippen molar-refractivity contribution in [2.75, 3.05) is 12.3 Å². The second-order valence-electron chi connectivity index (χ2n) is 4.45. The van der Waals surface area contributed by atoms with Crippen LogP contribution in [-0.4, -0.2) is 21.1 Å². The molecule has 0 bridgehead atoms. The maximum absolute atomic E-state index is 10.8. The lowest BCUT2D eigenvalue weighted by Crippen LogP contribution is -2.12. The van der Waals surface area contributed by atoms with Crippen LogP contribution in [0.3, 0.4) is 0 Å². The highest BCUT2D eigenvalue weighted by molar-refractivity contribution is 5.47. The zero-order chi connectivity index (χ0) is 14.7. The van der Waals surface area contributed by atoms with Gasteiger partial charge in [-0.1, -0.05) is 0 Å². The van der Waals surface area contributed by atoms with Gasteiger partial charge in [-0.25, -0.2) is 9.55 Å². The van der Waals surface area contributed by atoms with Crippen LogP contribution in [-0.2, 0) is 6.54 Å². The van der Waals surface area contributed by atoms with Gasteiger partial charge < -0.3 is 20.6 Å². The number of aryl methyl sites for hydroxylation is 2. The molecule has 0 saturated heterocycles. The zero-order valence-electron chi connectivity index (χ0n) is 11.4. The summed E-state index contributed by atoms with van der Waals surface area (Å²) in [6, 6.07) is 5.37. The topological polar surface area (TPSA) is 96.2 Å². The van der Waals surface area contributed by atoms with E-state index in [0.29, 0.717) is 24.7 Å². The van der Waals surface area contributed by atoms with Gasteiger partial charge in [0.1, 0.15) is 25.1 Å². The van der Waals surface area contributed by atoms with Crippen LogP contribution in [0, 0.1) is 24.0 Å². The predicted octanol–water partition coefficient (Wildman–Crippen LogP) is 2.07. The van der Waals surface area contributed by atoms with E-state index in [1.807, 2.05) is 13.0 Å². The van der Waals surface area contributed by atoms with Gasteiger partial charge in [-0.15, -0.1) is 0 Å². The van der Waals surface area contributed by atoms with Crippen molar-refractivity contribution in [2.24, 2.45) is 0 Å². The van der Waals surface area contributed by atoms with E-state index in [1.54, 1.807) is 19.1 Å². The fourth-order valence-corrected chi connectivity index (χ4v) is 1.96. The molecule has 0 spiro atoms. The molecule has 0 radical (unpaired) electrons. The number of hydrogen-bond donors (Lipinski definition) is 1. The first-order valence-electron chi connectivity index (χ1n) is 6.14. The highest BCUT2D eigenvalue weighted by Gasteiger charge is 2.17. The molecule has 7 heteroatoms. The lowest BCUT2D eigenvalue weighted by atomic mass is 10.2. The highest BCUT2D eigenvalue weighted by atomic mass is 16.6. The van der Waals surface area contributed by atoms with Gasteiger partial charge in [-0.3, -0.25) is 0 Å². The Kier molecular flexibility index (Phi) is 3.88. The van der Waals surface area contributed by atoms with E-state index < -0.39 is 4.92 Å². The monoisotopic (exact) mass is 276 g/mol. The van der Waals surface area contributed by atoms with Gasteiger partial charge in [-0.05, 0) is 35.6 Å². The predicted molar refractivity (Wildman–Crippen MR) is 74.7 cm³/mol. The van der Waals surface area contributed by atoms with Crippen molar-refractivity contribution in [2.45, 2.75) is 20.4 Å². The number of benzene rings is 1. The first-order valence-corrected chi connectivity index (χ1v) is 6.14. The molecule has 0 fully saturated rings. The average molecular weight is 276 g/mol. The zero-order valence-corrected chi connectivity index (χ0v) is 11.4. The Morgan fingerprint density at radius 2 is 2.20 bits per heavy atom. The molecule has 7 nitrogen and oxygen atoms in total. The van der Waals surface area contributed by atoms with Gasteiger partial charge in [0.15, 0.2) is 5.82 Å². The molecule has 0 aliphatic heterocycles. The molecule has 0 aliphatic rings. The first-order chi connectivity index (χ1) is 9.49. The number of nitrogens with two attached hydrogens (primary N) is 1. The molecule has 20 heavy (non-hydrogen) atoms. The SMILES string of the molecule is Cc1cc(N)ccc1OCCn1c([N+](=O)[O-])cnc1C. The summed E-state index contributed by atoms with van der Waals surface area (Å²) in [5, 5.41) is 10.8. The summed E-state index contributed by atoms with van der Waals surface area (Å²) in [7, 11) is 0. The van der Waals surface area contributed by atoms with Gasteiger partial charge in [-0.2, -0.15) is 0 Å². The average Bonchev–Trinajstić information content (AvgIpc) is 2.74. The number of nitrogen functional groups attached to an aromatic ring is 1. The molecular weight excluding hydrogens is 260 g/mol. The van der Waals surface area contributed by atoms with Crippen molar-refractivity contribution in [1.29, 1.82) is 0 Å². The van der Waals surface area contributed by atoms with Crippen molar-refractivity contribution in [3.8, 4) is 5.75 Å². The number of nitrogens with zero attached hydrogens (tertiary/aromatic N) is 3. The molecule has 0 atom stereocenters. The van der Waals surface area contributed by atoms with E-state index in [9.17, 15) is 10.1 Å². The molecule has 0 saturated carbocycles. The van der Waals surface area contributed by atoms with Crippen molar-refractivity contribution in [1.82, 2.24) is 9.55 Å². The molecule has 0 amide bonds. The summed E-state index contributed by atoms with van der Waals surface area (Å²) >= 11 is 0. The number of hydrogen-bond acceptors (Lipinski definition) is 5. The van der Waals surface area contributed by atoms with Crippen LogP contribution < -0.4 is 10.5 Å². The standard InChI is InChI=1S/C13H16N4O3/c1-9-7-11(14)3-4-12(9)20-6-5-16-10(2)15-8-13(16)17(18)19/h3-4,7-8H,5-6,14H2,1-2H3. The van der Waals surface area contributed by atoms with Gasteiger partial charge in [0.2, 0.25) is 0 Å². The van der Waals surface area contributed by atoms with Crippen LogP contribution in [0.2, 0.25) is 0 Å². The Balaban J connectivity index is 2.03. The fraction of sp³-hybridized carbons (Fsp3) is 0.308. The molecule has 106 valence electrons. The lowest BCUT2D eigenvalue weighted by molar-refractivity contribution is -0.392. The van der Waals surface area contributed by atoms with Crippen LogP contribution in [0.4, 0.5) is 11.5 Å². The van der Waals surface area contributed by atoms with Crippen LogP contribution in [0.5, 0.6) is 5.75 Å². The number of ether oxygens (including phenoxy) is 1. The van der Waals surface area contributed by atoms with Crippen molar-refractivity contribution in [3.05, 3.63) is 45.9 Å². The number of nitro groups is 1. The molecule has 1 aromatic carbocycles. The third kappa shape index (κ3) is 2.87. The van der Waals surface area contributed by atoms with E-state index >= 15 is 0 Å². The smallest absolute Gasteiger partial charge is 0.342 e. The summed E-state index contributed by atoms with van der Waals surface area (Å²) in [6.07, 6.45) is 1.25. The second-order valence-corrected chi connectivity index (χ2v) is 4.45. The Morgan fingerprint density at radius 3 is 2.85 bits per heavy atom. The van der Waals surface area contributed by atoms with Crippen LogP contribution in [0.1, 0.15) is 11.4 Å². The molecule has 1 heterocycles. The normalized spacial score (nSPS) is 10.5. The third-order valence-corrected chi connectivity index (χ3v) is 2.99. The van der Waals surface area contributed by atoms with Crippen molar-refractivity contribution in [3.63, 3.8) is 0 Å². The molecule has 2 aromatic rings. The van der Waals surface area contributed by atoms with Crippen LogP contribution in [0.25, 0.3) is 0 Å². The van der Waals surface area contributed by atoms with E-state index in [4.69, 9.17) is 10.5 Å².